The topological polar surface area (TPSA) is 32.7 Å². The Bertz CT molecular complexity index is 445. The zero-order valence-electron chi connectivity index (χ0n) is 11.9. The fourth-order valence-corrected chi connectivity index (χ4v) is 3.63. The van der Waals surface area contributed by atoms with E-state index in [0.717, 1.165) is 32.6 Å². The van der Waals surface area contributed by atoms with E-state index in [9.17, 15) is 5.11 Å². The summed E-state index contributed by atoms with van der Waals surface area (Å²) in [6.07, 6.45) is 4.08. The predicted octanol–water partition coefficient (Wildman–Crippen LogP) is 2.36. The number of ether oxygens (including phenoxy) is 1. The lowest BCUT2D eigenvalue weighted by Gasteiger charge is -2.51. The van der Waals surface area contributed by atoms with Crippen LogP contribution in [0.1, 0.15) is 24.8 Å². The van der Waals surface area contributed by atoms with Crippen molar-refractivity contribution >= 4 is 0 Å². The summed E-state index contributed by atoms with van der Waals surface area (Å²) in [7, 11) is 0. The summed E-state index contributed by atoms with van der Waals surface area (Å²) < 4.78 is 5.70. The van der Waals surface area contributed by atoms with Gasteiger partial charge >= 0.3 is 0 Å². The van der Waals surface area contributed by atoms with Gasteiger partial charge in [-0.3, -0.25) is 4.90 Å². The molecule has 2 atom stereocenters. The van der Waals surface area contributed by atoms with Gasteiger partial charge in [0.2, 0.25) is 0 Å². The summed E-state index contributed by atoms with van der Waals surface area (Å²) >= 11 is 0. The summed E-state index contributed by atoms with van der Waals surface area (Å²) in [5, 5.41) is 10.7. The second-order valence-electron chi connectivity index (χ2n) is 6.13. The quantitative estimate of drug-likeness (QED) is 0.855. The van der Waals surface area contributed by atoms with E-state index in [4.69, 9.17) is 4.74 Å². The van der Waals surface area contributed by atoms with Crippen molar-refractivity contribution in [1.82, 2.24) is 4.90 Å². The summed E-state index contributed by atoms with van der Waals surface area (Å²) in [5.41, 5.74) is 0.743. The number of aliphatic hydroxyl groups is 1. The molecule has 108 valence electrons. The fourth-order valence-electron chi connectivity index (χ4n) is 3.63. The SMILES string of the molecule is C=CCC1(O)CC2COCC(C1)N2Cc1ccccc1. The smallest absolute Gasteiger partial charge is 0.0713 e. The van der Waals surface area contributed by atoms with Crippen molar-refractivity contribution in [2.75, 3.05) is 13.2 Å². The lowest BCUT2D eigenvalue weighted by Crippen LogP contribution is -2.61. The highest BCUT2D eigenvalue weighted by Gasteiger charge is 2.45. The highest BCUT2D eigenvalue weighted by Crippen LogP contribution is 2.37. The minimum atomic E-state index is -0.589. The number of rotatable bonds is 4. The maximum absolute atomic E-state index is 10.7. The van der Waals surface area contributed by atoms with Gasteiger partial charge in [0, 0.05) is 18.6 Å². The Balaban J connectivity index is 1.75. The first-order valence-corrected chi connectivity index (χ1v) is 7.41. The molecular formula is C17H23NO2. The maximum Gasteiger partial charge on any atom is 0.0713 e. The van der Waals surface area contributed by atoms with E-state index >= 15 is 0 Å². The number of morpholine rings is 1. The molecule has 1 aromatic rings. The molecule has 3 rings (SSSR count). The van der Waals surface area contributed by atoms with Gasteiger partial charge in [0.05, 0.1) is 18.8 Å². The molecule has 0 aromatic heterocycles. The molecule has 20 heavy (non-hydrogen) atoms. The monoisotopic (exact) mass is 273 g/mol. The van der Waals surface area contributed by atoms with Crippen LogP contribution < -0.4 is 0 Å². The Hall–Kier alpha value is -1.16. The third-order valence-electron chi connectivity index (χ3n) is 4.52. The molecule has 0 radical (unpaired) electrons. The van der Waals surface area contributed by atoms with E-state index in [-0.39, 0.29) is 0 Å². The van der Waals surface area contributed by atoms with E-state index in [1.807, 2.05) is 12.1 Å². The van der Waals surface area contributed by atoms with Crippen LogP contribution in [0.2, 0.25) is 0 Å². The molecular weight excluding hydrogens is 250 g/mol. The average Bonchev–Trinajstić information content (AvgIpc) is 2.41. The van der Waals surface area contributed by atoms with Gasteiger partial charge in [-0.1, -0.05) is 36.4 Å². The molecule has 2 heterocycles. The van der Waals surface area contributed by atoms with Crippen LogP contribution in [-0.2, 0) is 11.3 Å². The first kappa shape index (κ1) is 13.8. The van der Waals surface area contributed by atoms with Crippen molar-refractivity contribution in [3.63, 3.8) is 0 Å². The lowest BCUT2D eigenvalue weighted by molar-refractivity contribution is -0.144. The molecule has 2 unspecified atom stereocenters. The summed E-state index contributed by atoms with van der Waals surface area (Å²) in [4.78, 5) is 2.51. The summed E-state index contributed by atoms with van der Waals surface area (Å²) in [6, 6.07) is 11.2. The molecule has 1 N–H and O–H groups in total. The predicted molar refractivity (Wildman–Crippen MR) is 79.4 cm³/mol. The van der Waals surface area contributed by atoms with Gasteiger partial charge in [-0.25, -0.2) is 0 Å². The van der Waals surface area contributed by atoms with Crippen LogP contribution in [0.25, 0.3) is 0 Å². The Labute approximate surface area is 120 Å². The summed E-state index contributed by atoms with van der Waals surface area (Å²) in [5.74, 6) is 0. The second-order valence-corrected chi connectivity index (χ2v) is 6.13. The zero-order chi connectivity index (χ0) is 14.0. The molecule has 0 saturated carbocycles. The first-order valence-electron chi connectivity index (χ1n) is 7.41. The average molecular weight is 273 g/mol. The van der Waals surface area contributed by atoms with Gasteiger partial charge < -0.3 is 9.84 Å². The molecule has 2 fully saturated rings. The number of benzene rings is 1. The van der Waals surface area contributed by atoms with Gasteiger partial charge in [0.25, 0.3) is 0 Å². The normalized spacial score (nSPS) is 33.9. The zero-order valence-corrected chi connectivity index (χ0v) is 11.9. The first-order chi connectivity index (χ1) is 9.70. The highest BCUT2D eigenvalue weighted by atomic mass is 16.5. The number of hydrogen-bond acceptors (Lipinski definition) is 3. The largest absolute Gasteiger partial charge is 0.389 e. The number of piperidine rings is 1. The molecule has 2 aliphatic rings. The number of nitrogens with zero attached hydrogens (tertiary/aromatic N) is 1. The Kier molecular flexibility index (Phi) is 3.92. The van der Waals surface area contributed by atoms with E-state index in [1.54, 1.807) is 0 Å². The van der Waals surface area contributed by atoms with Crippen LogP contribution in [0.4, 0.5) is 0 Å². The third-order valence-corrected chi connectivity index (χ3v) is 4.52. The minimum absolute atomic E-state index is 0.313. The van der Waals surface area contributed by atoms with Gasteiger partial charge in [-0.05, 0) is 24.8 Å². The van der Waals surface area contributed by atoms with E-state index in [1.165, 1.54) is 5.56 Å². The molecule has 2 aliphatic heterocycles. The van der Waals surface area contributed by atoms with Crippen LogP contribution >= 0.6 is 0 Å². The molecule has 1 aromatic carbocycles. The molecule has 0 amide bonds. The Morgan fingerprint density at radius 1 is 1.25 bits per heavy atom. The standard InChI is InChI=1S/C17H23NO2/c1-2-8-17(19)9-15-12-20-13-16(10-17)18(15)11-14-6-4-3-5-7-14/h2-7,15-16,19H,1,8-13H2. The van der Waals surface area contributed by atoms with Crippen LogP contribution in [0, 0.1) is 0 Å². The van der Waals surface area contributed by atoms with Crippen molar-refractivity contribution in [1.29, 1.82) is 0 Å². The summed E-state index contributed by atoms with van der Waals surface area (Å²) in [6.45, 7) is 6.17. The lowest BCUT2D eigenvalue weighted by atomic mass is 9.79. The van der Waals surface area contributed by atoms with Gasteiger partial charge in [-0.15, -0.1) is 6.58 Å². The van der Waals surface area contributed by atoms with Crippen molar-refractivity contribution in [2.24, 2.45) is 0 Å². The van der Waals surface area contributed by atoms with E-state index in [0.29, 0.717) is 18.5 Å². The molecule has 0 aliphatic carbocycles. The Morgan fingerprint density at radius 3 is 2.50 bits per heavy atom. The van der Waals surface area contributed by atoms with E-state index < -0.39 is 5.60 Å². The fraction of sp³-hybridized carbons (Fsp3) is 0.529. The van der Waals surface area contributed by atoms with Crippen molar-refractivity contribution < 1.29 is 9.84 Å². The van der Waals surface area contributed by atoms with Crippen LogP contribution in [0.5, 0.6) is 0 Å². The van der Waals surface area contributed by atoms with Crippen LogP contribution in [-0.4, -0.2) is 40.9 Å². The van der Waals surface area contributed by atoms with Gasteiger partial charge in [-0.2, -0.15) is 0 Å². The van der Waals surface area contributed by atoms with Crippen molar-refractivity contribution in [3.8, 4) is 0 Å². The number of hydrogen-bond donors (Lipinski definition) is 1. The number of fused-ring (bicyclic) bond motifs is 2. The van der Waals surface area contributed by atoms with Gasteiger partial charge in [0.1, 0.15) is 0 Å². The molecule has 0 spiro atoms. The maximum atomic E-state index is 10.7. The third kappa shape index (κ3) is 2.80. The highest BCUT2D eigenvalue weighted by molar-refractivity contribution is 5.15. The molecule has 3 nitrogen and oxygen atoms in total. The Morgan fingerprint density at radius 2 is 1.90 bits per heavy atom. The van der Waals surface area contributed by atoms with E-state index in [2.05, 4.69) is 35.7 Å². The second kappa shape index (κ2) is 5.68. The van der Waals surface area contributed by atoms with Gasteiger partial charge in [0.15, 0.2) is 0 Å². The van der Waals surface area contributed by atoms with Crippen LogP contribution in [0.3, 0.4) is 0 Å². The van der Waals surface area contributed by atoms with Crippen molar-refractivity contribution in [3.05, 3.63) is 48.6 Å². The molecule has 2 saturated heterocycles. The van der Waals surface area contributed by atoms with Crippen LogP contribution in [0.15, 0.2) is 43.0 Å². The minimum Gasteiger partial charge on any atom is -0.389 e. The molecule has 2 bridgehead atoms. The molecule has 3 heteroatoms. The van der Waals surface area contributed by atoms with Crippen molar-refractivity contribution in [2.45, 2.75) is 43.5 Å².